The van der Waals surface area contributed by atoms with Crippen molar-refractivity contribution in [3.05, 3.63) is 41.6 Å². The molecule has 2 rings (SSSR count). The first-order chi connectivity index (χ1) is 9.11. The number of carbonyl (C=O) groups is 1. The van der Waals surface area contributed by atoms with E-state index in [-0.39, 0.29) is 11.3 Å². The molecule has 0 aliphatic rings. The summed E-state index contributed by atoms with van der Waals surface area (Å²) in [7, 11) is 0. The fourth-order valence-corrected chi connectivity index (χ4v) is 2.02. The highest BCUT2D eigenvalue weighted by Gasteiger charge is 2.12. The first-order valence-electron chi connectivity index (χ1n) is 6.40. The summed E-state index contributed by atoms with van der Waals surface area (Å²) in [4.78, 5) is 16.7. The maximum Gasteiger partial charge on any atom is 0.252 e. The zero-order valence-corrected chi connectivity index (χ0v) is 11.9. The topological polar surface area (TPSA) is 42.0 Å². The van der Waals surface area contributed by atoms with Gasteiger partial charge in [-0.05, 0) is 25.5 Å². The lowest BCUT2D eigenvalue weighted by molar-refractivity contribution is 0.0955. The smallest absolute Gasteiger partial charge is 0.252 e. The molecule has 0 spiro atoms. The monoisotopic (exact) mass is 276 g/mol. The van der Waals surface area contributed by atoms with Crippen molar-refractivity contribution in [1.29, 1.82) is 0 Å². The predicted molar refractivity (Wildman–Crippen MR) is 78.7 cm³/mol. The number of hydrogen-bond donors (Lipinski definition) is 1. The molecule has 1 aromatic carbocycles. The van der Waals surface area contributed by atoms with Crippen molar-refractivity contribution < 1.29 is 4.79 Å². The Morgan fingerprint density at radius 1 is 1.42 bits per heavy atom. The summed E-state index contributed by atoms with van der Waals surface area (Å²) in [5.74, 6) is -0.0965. The van der Waals surface area contributed by atoms with Gasteiger partial charge in [-0.1, -0.05) is 25.1 Å². The Morgan fingerprint density at radius 2 is 2.16 bits per heavy atom. The van der Waals surface area contributed by atoms with E-state index in [0.29, 0.717) is 12.1 Å². The number of hydrogen-bond acceptors (Lipinski definition) is 2. The number of alkyl halides is 1. The average Bonchev–Trinajstić information content (AvgIpc) is 2.43. The molecule has 3 nitrogen and oxygen atoms in total. The van der Waals surface area contributed by atoms with Crippen molar-refractivity contribution in [2.24, 2.45) is 0 Å². The number of amides is 1. The van der Waals surface area contributed by atoms with E-state index in [0.717, 1.165) is 23.0 Å². The Labute approximate surface area is 118 Å². The fourth-order valence-electron chi connectivity index (χ4n) is 1.94. The second-order valence-electron chi connectivity index (χ2n) is 4.54. The molecular formula is C15H17ClN2O. The Balaban J connectivity index is 2.31. The maximum atomic E-state index is 12.2. The summed E-state index contributed by atoms with van der Waals surface area (Å²) in [6, 6.07) is 9.46. The molecule has 19 heavy (non-hydrogen) atoms. The molecule has 1 amide bonds. The minimum absolute atomic E-state index is 0.0295. The third kappa shape index (κ3) is 3.24. The summed E-state index contributed by atoms with van der Waals surface area (Å²) < 4.78 is 0. The van der Waals surface area contributed by atoms with Crippen LogP contribution in [-0.2, 0) is 0 Å². The van der Waals surface area contributed by atoms with Crippen molar-refractivity contribution in [2.75, 3.05) is 6.54 Å². The molecule has 1 heterocycles. The average molecular weight is 277 g/mol. The number of para-hydroxylation sites is 1. The number of fused-ring (bicyclic) bond motifs is 1. The normalized spacial score (nSPS) is 12.4. The molecule has 1 atom stereocenters. The molecular weight excluding hydrogens is 260 g/mol. The summed E-state index contributed by atoms with van der Waals surface area (Å²) in [5, 5.41) is 3.71. The van der Waals surface area contributed by atoms with Gasteiger partial charge < -0.3 is 5.32 Å². The number of rotatable bonds is 4. The number of nitrogens with one attached hydrogen (secondary N) is 1. The van der Waals surface area contributed by atoms with Crippen LogP contribution >= 0.6 is 11.6 Å². The van der Waals surface area contributed by atoms with Gasteiger partial charge in [0.15, 0.2) is 0 Å². The third-order valence-corrected chi connectivity index (χ3v) is 3.48. The molecule has 0 aliphatic heterocycles. The van der Waals surface area contributed by atoms with Gasteiger partial charge >= 0.3 is 0 Å². The van der Waals surface area contributed by atoms with Crippen LogP contribution in [0.5, 0.6) is 0 Å². The SMILES string of the molecule is CCC(Cl)CNC(=O)c1cc(C)nc2ccccc12. The molecule has 100 valence electrons. The van der Waals surface area contributed by atoms with Gasteiger partial charge in [-0.3, -0.25) is 9.78 Å². The number of benzene rings is 1. The van der Waals surface area contributed by atoms with Crippen molar-refractivity contribution >= 4 is 28.4 Å². The first kappa shape index (κ1) is 13.8. The van der Waals surface area contributed by atoms with Gasteiger partial charge in [0.05, 0.1) is 16.5 Å². The summed E-state index contributed by atoms with van der Waals surface area (Å²) in [5.41, 5.74) is 2.33. The van der Waals surface area contributed by atoms with Crippen molar-refractivity contribution in [3.8, 4) is 0 Å². The van der Waals surface area contributed by atoms with Gasteiger partial charge in [0.1, 0.15) is 0 Å². The van der Waals surface area contributed by atoms with Crippen LogP contribution in [0.4, 0.5) is 0 Å². The molecule has 0 fully saturated rings. The van der Waals surface area contributed by atoms with E-state index in [2.05, 4.69) is 10.3 Å². The van der Waals surface area contributed by atoms with Crippen molar-refractivity contribution in [2.45, 2.75) is 25.6 Å². The number of pyridine rings is 1. The van der Waals surface area contributed by atoms with E-state index in [1.165, 1.54) is 0 Å². The van der Waals surface area contributed by atoms with Gasteiger partial charge in [-0.15, -0.1) is 11.6 Å². The molecule has 0 radical (unpaired) electrons. The van der Waals surface area contributed by atoms with Gasteiger partial charge in [0.2, 0.25) is 0 Å². The Morgan fingerprint density at radius 3 is 2.89 bits per heavy atom. The van der Waals surface area contributed by atoms with Gasteiger partial charge in [-0.2, -0.15) is 0 Å². The van der Waals surface area contributed by atoms with E-state index < -0.39 is 0 Å². The van der Waals surface area contributed by atoms with Gasteiger partial charge in [0.25, 0.3) is 5.91 Å². The second kappa shape index (κ2) is 6.02. The number of halogens is 1. The van der Waals surface area contributed by atoms with Crippen LogP contribution in [0.2, 0.25) is 0 Å². The summed E-state index contributed by atoms with van der Waals surface area (Å²) in [6.45, 7) is 4.36. The standard InChI is InChI=1S/C15H17ClN2O/c1-3-11(16)9-17-15(19)13-8-10(2)18-14-7-5-4-6-12(13)14/h4-8,11H,3,9H2,1-2H3,(H,17,19). The molecule has 1 N–H and O–H groups in total. The third-order valence-electron chi connectivity index (χ3n) is 3.02. The van der Waals surface area contributed by atoms with Crippen molar-refractivity contribution in [3.63, 3.8) is 0 Å². The molecule has 4 heteroatoms. The number of carbonyl (C=O) groups excluding carboxylic acids is 1. The lowest BCUT2D eigenvalue weighted by Gasteiger charge is -2.11. The van der Waals surface area contributed by atoms with Crippen LogP contribution in [0, 0.1) is 6.92 Å². The highest BCUT2D eigenvalue weighted by Crippen LogP contribution is 2.18. The van der Waals surface area contributed by atoms with Crippen molar-refractivity contribution in [1.82, 2.24) is 10.3 Å². The van der Waals surface area contributed by atoms with E-state index in [9.17, 15) is 4.79 Å². The van der Waals surface area contributed by atoms with Crippen LogP contribution in [0.3, 0.4) is 0 Å². The summed E-state index contributed by atoms with van der Waals surface area (Å²) >= 11 is 6.02. The molecule has 0 saturated heterocycles. The Bertz CT molecular complexity index is 598. The molecule has 1 unspecified atom stereocenters. The van der Waals surface area contributed by atoms with E-state index in [4.69, 9.17) is 11.6 Å². The molecule has 2 aromatic rings. The summed E-state index contributed by atoms with van der Waals surface area (Å²) in [6.07, 6.45) is 0.831. The number of nitrogens with zero attached hydrogens (tertiary/aromatic N) is 1. The Hall–Kier alpha value is -1.61. The molecule has 1 aromatic heterocycles. The molecule has 0 aliphatic carbocycles. The number of aromatic nitrogens is 1. The minimum atomic E-state index is -0.0965. The van der Waals surface area contributed by atoms with Crippen LogP contribution in [0.15, 0.2) is 30.3 Å². The highest BCUT2D eigenvalue weighted by molar-refractivity contribution is 6.21. The van der Waals surface area contributed by atoms with E-state index in [1.54, 1.807) is 0 Å². The second-order valence-corrected chi connectivity index (χ2v) is 5.16. The van der Waals surface area contributed by atoms with E-state index >= 15 is 0 Å². The lowest BCUT2D eigenvalue weighted by Crippen LogP contribution is -2.29. The highest BCUT2D eigenvalue weighted by atomic mass is 35.5. The zero-order valence-electron chi connectivity index (χ0n) is 11.1. The quantitative estimate of drug-likeness (QED) is 0.871. The minimum Gasteiger partial charge on any atom is -0.351 e. The zero-order chi connectivity index (χ0) is 13.8. The number of aryl methyl sites for hydroxylation is 1. The largest absolute Gasteiger partial charge is 0.351 e. The Kier molecular flexibility index (Phi) is 4.38. The van der Waals surface area contributed by atoms with Gasteiger partial charge in [-0.25, -0.2) is 0 Å². The van der Waals surface area contributed by atoms with E-state index in [1.807, 2.05) is 44.2 Å². The van der Waals surface area contributed by atoms with Crippen LogP contribution in [0.1, 0.15) is 29.4 Å². The molecule has 0 saturated carbocycles. The van der Waals surface area contributed by atoms with Crippen LogP contribution in [0.25, 0.3) is 10.9 Å². The molecule has 0 bridgehead atoms. The first-order valence-corrected chi connectivity index (χ1v) is 6.84. The predicted octanol–water partition coefficient (Wildman–Crippen LogP) is 3.29. The lowest BCUT2D eigenvalue weighted by atomic mass is 10.1. The van der Waals surface area contributed by atoms with Gasteiger partial charge in [0, 0.05) is 17.6 Å². The van der Waals surface area contributed by atoms with Crippen LogP contribution in [-0.4, -0.2) is 22.8 Å². The fraction of sp³-hybridized carbons (Fsp3) is 0.333. The van der Waals surface area contributed by atoms with Crippen LogP contribution < -0.4 is 5.32 Å². The maximum absolute atomic E-state index is 12.2.